The maximum Gasteiger partial charge on any atom is 0.0619 e. The van der Waals surface area contributed by atoms with Crippen molar-refractivity contribution in [3.05, 3.63) is 150 Å². The highest BCUT2D eigenvalue weighted by molar-refractivity contribution is 9.10. The molecule has 180 valence electrons. The van der Waals surface area contributed by atoms with E-state index in [2.05, 4.69) is 166 Å². The van der Waals surface area contributed by atoms with Crippen molar-refractivity contribution in [1.82, 2.24) is 0 Å². The molecule has 0 heterocycles. The second-order valence-corrected chi connectivity index (χ2v) is 10.3. The summed E-state index contributed by atoms with van der Waals surface area (Å²) in [5, 5.41) is 7.30. The third-order valence-corrected chi connectivity index (χ3v) is 8.12. The van der Waals surface area contributed by atoms with Gasteiger partial charge in [0, 0.05) is 26.6 Å². The zero-order valence-corrected chi connectivity index (χ0v) is 22.3. The predicted octanol–water partition coefficient (Wildman–Crippen LogP) is 11.0. The molecule has 0 unspecified atom stereocenters. The summed E-state index contributed by atoms with van der Waals surface area (Å²) in [7, 11) is 0. The number of para-hydroxylation sites is 1. The van der Waals surface area contributed by atoms with E-state index in [1.807, 2.05) is 0 Å². The topological polar surface area (TPSA) is 3.24 Å². The van der Waals surface area contributed by atoms with Gasteiger partial charge in [0.2, 0.25) is 0 Å². The van der Waals surface area contributed by atoms with Gasteiger partial charge in [0.15, 0.2) is 0 Å². The van der Waals surface area contributed by atoms with Crippen LogP contribution in [0.25, 0.3) is 43.4 Å². The fraction of sp³-hybridized carbons (Fsp3) is 0. The molecule has 0 aliphatic rings. The average Bonchev–Trinajstić information content (AvgIpc) is 2.99. The third kappa shape index (κ3) is 3.86. The molecular weight excluding hydrogens is 526 g/mol. The van der Waals surface area contributed by atoms with E-state index in [1.165, 1.54) is 49.1 Å². The average molecular weight is 550 g/mol. The molecule has 0 bridgehead atoms. The molecular formula is C36H24BrN. The summed E-state index contributed by atoms with van der Waals surface area (Å²) in [6.07, 6.45) is 0. The van der Waals surface area contributed by atoms with Crippen molar-refractivity contribution < 1.29 is 0 Å². The molecule has 7 aromatic rings. The summed E-state index contributed by atoms with van der Waals surface area (Å²) >= 11 is 3.98. The van der Waals surface area contributed by atoms with Crippen LogP contribution in [0.15, 0.2) is 150 Å². The SMILES string of the molecule is Brc1c2ccccc2cc2c(N(c3ccccc3)c3ccc(-c4ccccc4)cc3)c3ccccc3cc12. The zero-order chi connectivity index (χ0) is 25.5. The number of hydrogen-bond donors (Lipinski definition) is 0. The Morgan fingerprint density at radius 1 is 0.395 bits per heavy atom. The van der Waals surface area contributed by atoms with Crippen LogP contribution in [0.4, 0.5) is 17.1 Å². The second kappa shape index (κ2) is 9.48. The van der Waals surface area contributed by atoms with Gasteiger partial charge in [-0.25, -0.2) is 0 Å². The number of benzene rings is 7. The van der Waals surface area contributed by atoms with E-state index in [0.717, 1.165) is 15.8 Å². The molecule has 0 amide bonds. The Labute approximate surface area is 230 Å². The number of rotatable bonds is 4. The smallest absolute Gasteiger partial charge is 0.0619 e. The van der Waals surface area contributed by atoms with Crippen LogP contribution in [0.3, 0.4) is 0 Å². The number of halogens is 1. The molecule has 0 spiro atoms. The van der Waals surface area contributed by atoms with Crippen molar-refractivity contribution in [2.45, 2.75) is 0 Å². The van der Waals surface area contributed by atoms with Gasteiger partial charge in [0.1, 0.15) is 0 Å². The van der Waals surface area contributed by atoms with E-state index in [-0.39, 0.29) is 0 Å². The first-order chi connectivity index (χ1) is 18.8. The van der Waals surface area contributed by atoms with Gasteiger partial charge in [-0.15, -0.1) is 0 Å². The number of hydrogen-bond acceptors (Lipinski definition) is 1. The quantitative estimate of drug-likeness (QED) is 0.197. The highest BCUT2D eigenvalue weighted by atomic mass is 79.9. The lowest BCUT2D eigenvalue weighted by Crippen LogP contribution is -2.11. The van der Waals surface area contributed by atoms with Crippen LogP contribution in [0.5, 0.6) is 0 Å². The van der Waals surface area contributed by atoms with Gasteiger partial charge >= 0.3 is 0 Å². The number of anilines is 3. The van der Waals surface area contributed by atoms with E-state index in [9.17, 15) is 0 Å². The van der Waals surface area contributed by atoms with Crippen molar-refractivity contribution in [2.24, 2.45) is 0 Å². The monoisotopic (exact) mass is 549 g/mol. The second-order valence-electron chi connectivity index (χ2n) is 9.54. The highest BCUT2D eigenvalue weighted by Crippen LogP contribution is 2.47. The summed E-state index contributed by atoms with van der Waals surface area (Å²) in [4.78, 5) is 2.40. The van der Waals surface area contributed by atoms with Gasteiger partial charge in [-0.05, 0) is 85.0 Å². The van der Waals surface area contributed by atoms with E-state index in [4.69, 9.17) is 0 Å². The van der Waals surface area contributed by atoms with Crippen LogP contribution < -0.4 is 4.90 Å². The largest absolute Gasteiger partial charge is 0.309 e. The minimum absolute atomic E-state index is 1.12. The fourth-order valence-electron chi connectivity index (χ4n) is 5.45. The van der Waals surface area contributed by atoms with Gasteiger partial charge in [0.25, 0.3) is 0 Å². The van der Waals surface area contributed by atoms with Crippen LogP contribution in [0.2, 0.25) is 0 Å². The molecule has 0 saturated carbocycles. The van der Waals surface area contributed by atoms with E-state index in [1.54, 1.807) is 0 Å². The molecule has 0 aliphatic carbocycles. The normalized spacial score (nSPS) is 11.3. The minimum atomic E-state index is 1.12. The maximum absolute atomic E-state index is 3.98. The highest BCUT2D eigenvalue weighted by Gasteiger charge is 2.20. The summed E-state index contributed by atoms with van der Waals surface area (Å²) in [6.45, 7) is 0. The zero-order valence-electron chi connectivity index (χ0n) is 20.7. The first kappa shape index (κ1) is 22.8. The van der Waals surface area contributed by atoms with E-state index in [0.29, 0.717) is 0 Å². The van der Waals surface area contributed by atoms with Crippen molar-refractivity contribution >= 4 is 65.3 Å². The maximum atomic E-state index is 3.98. The minimum Gasteiger partial charge on any atom is -0.309 e. The fourth-order valence-corrected chi connectivity index (χ4v) is 6.14. The van der Waals surface area contributed by atoms with Gasteiger partial charge in [-0.3, -0.25) is 0 Å². The molecule has 0 aliphatic heterocycles. The first-order valence-corrected chi connectivity index (χ1v) is 13.6. The van der Waals surface area contributed by atoms with Crippen molar-refractivity contribution in [3.63, 3.8) is 0 Å². The molecule has 0 fully saturated rings. The van der Waals surface area contributed by atoms with Crippen molar-refractivity contribution in [3.8, 4) is 11.1 Å². The summed E-state index contributed by atoms with van der Waals surface area (Å²) in [6, 6.07) is 52.1. The molecule has 1 nitrogen and oxygen atoms in total. The molecule has 0 radical (unpaired) electrons. The van der Waals surface area contributed by atoms with Crippen LogP contribution in [0, 0.1) is 0 Å². The van der Waals surface area contributed by atoms with Gasteiger partial charge < -0.3 is 4.90 Å². The Morgan fingerprint density at radius 3 is 1.61 bits per heavy atom. The van der Waals surface area contributed by atoms with Gasteiger partial charge in [-0.2, -0.15) is 0 Å². The summed E-state index contributed by atoms with van der Waals surface area (Å²) < 4.78 is 1.13. The Bertz CT molecular complexity index is 1910. The van der Waals surface area contributed by atoms with E-state index >= 15 is 0 Å². The van der Waals surface area contributed by atoms with Gasteiger partial charge in [0.05, 0.1) is 5.69 Å². The van der Waals surface area contributed by atoms with Crippen LogP contribution in [-0.4, -0.2) is 0 Å². The predicted molar refractivity (Wildman–Crippen MR) is 167 cm³/mol. The van der Waals surface area contributed by atoms with Crippen LogP contribution >= 0.6 is 15.9 Å². The Balaban J connectivity index is 1.55. The Hall–Kier alpha value is -4.40. The van der Waals surface area contributed by atoms with Crippen molar-refractivity contribution in [2.75, 3.05) is 4.90 Å². The first-order valence-electron chi connectivity index (χ1n) is 12.8. The van der Waals surface area contributed by atoms with Crippen molar-refractivity contribution in [1.29, 1.82) is 0 Å². The lowest BCUT2D eigenvalue weighted by Gasteiger charge is -2.29. The lowest BCUT2D eigenvalue weighted by molar-refractivity contribution is 1.31. The molecule has 0 N–H and O–H groups in total. The standard InChI is InChI=1S/C36H24BrN/c37-35-31-17-9-7-13-27(31)24-34-33(35)23-28-14-8-10-18-32(28)36(34)38(29-15-5-2-6-16-29)30-21-19-26(20-22-30)25-11-3-1-4-12-25/h1-24H. The molecule has 2 heteroatoms. The molecule has 0 atom stereocenters. The Morgan fingerprint density at radius 2 is 0.895 bits per heavy atom. The molecule has 0 saturated heterocycles. The van der Waals surface area contributed by atoms with Gasteiger partial charge in [-0.1, -0.05) is 109 Å². The number of nitrogens with zero attached hydrogens (tertiary/aromatic N) is 1. The molecule has 7 aromatic carbocycles. The summed E-state index contributed by atoms with van der Waals surface area (Å²) in [5.74, 6) is 0. The number of fused-ring (bicyclic) bond motifs is 3. The Kier molecular flexibility index (Phi) is 5.68. The summed E-state index contributed by atoms with van der Waals surface area (Å²) in [5.41, 5.74) is 5.86. The third-order valence-electron chi connectivity index (χ3n) is 7.27. The van der Waals surface area contributed by atoms with E-state index < -0.39 is 0 Å². The van der Waals surface area contributed by atoms with Crippen LogP contribution in [0.1, 0.15) is 0 Å². The van der Waals surface area contributed by atoms with Crippen LogP contribution in [-0.2, 0) is 0 Å². The lowest BCUT2D eigenvalue weighted by atomic mass is 9.96. The molecule has 7 rings (SSSR count). The molecule has 0 aromatic heterocycles. The molecule has 38 heavy (non-hydrogen) atoms.